The fraction of sp³-hybridized carbons (Fsp3) is 0. The molecule has 13 aromatic rings. The highest BCUT2D eigenvalue weighted by Crippen LogP contribution is 2.43. The van der Waals surface area contributed by atoms with Crippen molar-refractivity contribution in [2.45, 2.75) is 0 Å². The van der Waals surface area contributed by atoms with Crippen molar-refractivity contribution in [1.82, 2.24) is 29.1 Å². The van der Waals surface area contributed by atoms with Crippen molar-refractivity contribution in [2.75, 3.05) is 0 Å². The first-order valence-electron chi connectivity index (χ1n) is 19.9. The molecule has 0 bridgehead atoms. The molecule has 0 saturated heterocycles. The van der Waals surface area contributed by atoms with Crippen LogP contribution in [0.5, 0.6) is 0 Å². The van der Waals surface area contributed by atoms with Gasteiger partial charge in [0.25, 0.3) is 0 Å². The molecule has 13 rings (SSSR count). The lowest BCUT2D eigenvalue weighted by Crippen LogP contribution is -2.07. The molecule has 8 aromatic carbocycles. The Kier molecular flexibility index (Phi) is 7.24. The third kappa shape index (κ3) is 5.05. The van der Waals surface area contributed by atoms with Gasteiger partial charge >= 0.3 is 0 Å². The first kappa shape index (κ1) is 33.5. The quantitative estimate of drug-likeness (QED) is 0.174. The summed E-state index contributed by atoms with van der Waals surface area (Å²) in [5, 5.41) is 8.08. The molecule has 0 saturated carbocycles. The van der Waals surface area contributed by atoms with E-state index >= 15 is 0 Å². The molecule has 0 atom stereocenters. The van der Waals surface area contributed by atoms with E-state index in [2.05, 4.69) is 167 Å². The van der Waals surface area contributed by atoms with E-state index in [-0.39, 0.29) is 0 Å². The number of fused-ring (bicyclic) bond motifs is 11. The second-order valence-corrected chi connectivity index (χ2v) is 17.2. The van der Waals surface area contributed by atoms with Crippen molar-refractivity contribution in [3.8, 4) is 45.0 Å². The van der Waals surface area contributed by atoms with Crippen molar-refractivity contribution in [3.05, 3.63) is 182 Å². The number of hydrogen-bond donors (Lipinski definition) is 0. The van der Waals surface area contributed by atoms with E-state index in [0.29, 0.717) is 17.6 Å². The van der Waals surface area contributed by atoms with E-state index in [4.69, 9.17) is 19.9 Å². The fourth-order valence-corrected chi connectivity index (χ4v) is 11.0. The van der Waals surface area contributed by atoms with Gasteiger partial charge in [-0.3, -0.25) is 4.57 Å². The van der Waals surface area contributed by atoms with Gasteiger partial charge in [0.2, 0.25) is 5.95 Å². The molecule has 280 valence electrons. The molecule has 0 aliphatic heterocycles. The van der Waals surface area contributed by atoms with Gasteiger partial charge in [-0.25, -0.2) is 9.97 Å². The summed E-state index contributed by atoms with van der Waals surface area (Å²) in [5.41, 5.74) is 9.29. The zero-order valence-electron chi connectivity index (χ0n) is 31.8. The monoisotopic (exact) mass is 802 g/mol. The average molecular weight is 803 g/mol. The number of nitrogens with zero attached hydrogens (tertiary/aromatic N) is 6. The van der Waals surface area contributed by atoms with Crippen molar-refractivity contribution in [2.24, 2.45) is 0 Å². The molecule has 0 aliphatic carbocycles. The molecule has 6 nitrogen and oxygen atoms in total. The van der Waals surface area contributed by atoms with Gasteiger partial charge in [0.1, 0.15) is 5.01 Å². The minimum absolute atomic E-state index is 0.564. The molecule has 0 spiro atoms. The molecule has 5 heterocycles. The normalized spacial score (nSPS) is 12.0. The summed E-state index contributed by atoms with van der Waals surface area (Å²) in [6, 6.07) is 64.4. The topological polar surface area (TPSA) is 61.4 Å². The fourth-order valence-electron chi connectivity index (χ4n) is 8.93. The molecule has 0 fully saturated rings. The number of para-hydroxylation sites is 3. The first-order valence-corrected chi connectivity index (χ1v) is 21.5. The maximum atomic E-state index is 5.40. The smallest absolute Gasteiger partial charge is 0.238 e. The number of hydrogen-bond acceptors (Lipinski definition) is 6. The van der Waals surface area contributed by atoms with Gasteiger partial charge in [0, 0.05) is 64.1 Å². The van der Waals surface area contributed by atoms with E-state index in [9.17, 15) is 0 Å². The van der Waals surface area contributed by atoms with Crippen LogP contribution in [0, 0.1) is 0 Å². The zero-order valence-corrected chi connectivity index (χ0v) is 33.5. The van der Waals surface area contributed by atoms with Gasteiger partial charge in [-0.2, -0.15) is 9.97 Å². The third-order valence-corrected chi connectivity index (χ3v) is 13.8. The molecule has 0 amide bonds. The Morgan fingerprint density at radius 3 is 1.73 bits per heavy atom. The maximum Gasteiger partial charge on any atom is 0.238 e. The van der Waals surface area contributed by atoms with E-state index in [0.717, 1.165) is 71.1 Å². The van der Waals surface area contributed by atoms with Crippen molar-refractivity contribution < 1.29 is 0 Å². The summed E-state index contributed by atoms with van der Waals surface area (Å²) in [6.45, 7) is 0. The second kappa shape index (κ2) is 13.0. The van der Waals surface area contributed by atoms with Crippen LogP contribution in [-0.4, -0.2) is 29.1 Å². The van der Waals surface area contributed by atoms with Gasteiger partial charge < -0.3 is 4.57 Å². The Balaban J connectivity index is 1.11. The number of thiophene rings is 1. The Hall–Kier alpha value is -7.52. The summed E-state index contributed by atoms with van der Waals surface area (Å²) in [5.74, 6) is 1.81. The first-order chi connectivity index (χ1) is 29.7. The highest BCUT2D eigenvalue weighted by atomic mass is 32.1. The van der Waals surface area contributed by atoms with Gasteiger partial charge in [-0.05, 0) is 48.5 Å². The van der Waals surface area contributed by atoms with Gasteiger partial charge in [0.15, 0.2) is 11.6 Å². The van der Waals surface area contributed by atoms with Crippen molar-refractivity contribution >= 4 is 96.7 Å². The number of benzene rings is 8. The SMILES string of the molecule is c1ccc(-c2nc(-c3ccc4c(c3)sc3ccccc34)nc(-n3c4ccccc4c4ccc5c6ccccc6n(-c6cccc(-c7nc8ccccc8s7)c6)c5c43)n2)cc1. The number of rotatable bonds is 5. The molecular weight excluding hydrogens is 773 g/mol. The highest BCUT2D eigenvalue weighted by molar-refractivity contribution is 7.25. The van der Waals surface area contributed by atoms with Crippen LogP contribution >= 0.6 is 22.7 Å². The molecule has 5 aromatic heterocycles. The maximum absolute atomic E-state index is 5.40. The lowest BCUT2D eigenvalue weighted by molar-refractivity contribution is 0.953. The van der Waals surface area contributed by atoms with E-state index in [1.54, 1.807) is 22.7 Å². The van der Waals surface area contributed by atoms with Gasteiger partial charge in [0.05, 0.1) is 32.3 Å². The molecule has 60 heavy (non-hydrogen) atoms. The van der Waals surface area contributed by atoms with E-state index in [1.807, 2.05) is 24.3 Å². The third-order valence-electron chi connectivity index (χ3n) is 11.6. The van der Waals surface area contributed by atoms with Crippen LogP contribution in [-0.2, 0) is 0 Å². The predicted molar refractivity (Wildman–Crippen MR) is 251 cm³/mol. The molecule has 0 radical (unpaired) electrons. The summed E-state index contributed by atoms with van der Waals surface area (Å²) in [4.78, 5) is 21.0. The lowest BCUT2D eigenvalue weighted by atomic mass is 10.1. The Morgan fingerprint density at radius 2 is 0.950 bits per heavy atom. The van der Waals surface area contributed by atoms with E-state index in [1.165, 1.54) is 30.3 Å². The van der Waals surface area contributed by atoms with Crippen LogP contribution in [0.3, 0.4) is 0 Å². The number of aromatic nitrogens is 6. The van der Waals surface area contributed by atoms with Gasteiger partial charge in [-0.15, -0.1) is 22.7 Å². The minimum atomic E-state index is 0.564. The largest absolute Gasteiger partial charge is 0.307 e. The molecule has 0 N–H and O–H groups in total. The zero-order chi connectivity index (χ0) is 39.3. The van der Waals surface area contributed by atoms with Crippen LogP contribution in [0.4, 0.5) is 0 Å². The number of thiazole rings is 1. The summed E-state index contributed by atoms with van der Waals surface area (Å²) in [6.07, 6.45) is 0. The molecule has 8 heteroatoms. The minimum Gasteiger partial charge on any atom is -0.307 e. The molecule has 0 unspecified atom stereocenters. The van der Waals surface area contributed by atoms with Gasteiger partial charge in [-0.1, -0.05) is 133 Å². The van der Waals surface area contributed by atoms with Crippen LogP contribution in [0.15, 0.2) is 182 Å². The van der Waals surface area contributed by atoms with Crippen molar-refractivity contribution in [3.63, 3.8) is 0 Å². The summed E-state index contributed by atoms with van der Waals surface area (Å²) < 4.78 is 8.31. The van der Waals surface area contributed by atoms with E-state index < -0.39 is 0 Å². The summed E-state index contributed by atoms with van der Waals surface area (Å²) in [7, 11) is 0. The standard InChI is InChI=1S/C52H30N6S2/c1-2-13-31(14-3-1)49-54-50(32-25-26-38-37-19-6-10-23-44(37)59-46(38)30-32)56-52(55-49)58-43-22-9-5-18-36(43)40-28-27-39-35-17-4-8-21-42(35)57(47(39)48(40)58)34-16-12-15-33(29-34)51-53-41-20-7-11-24-45(41)60-51/h1-30H. The Bertz CT molecular complexity index is 3820. The Labute approximate surface area is 350 Å². The summed E-state index contributed by atoms with van der Waals surface area (Å²) >= 11 is 3.52. The molecule has 0 aliphatic rings. The second-order valence-electron chi connectivity index (χ2n) is 15.1. The van der Waals surface area contributed by atoms with Crippen LogP contribution in [0.1, 0.15) is 0 Å². The van der Waals surface area contributed by atoms with Crippen LogP contribution < -0.4 is 0 Å². The highest BCUT2D eigenvalue weighted by Gasteiger charge is 2.24. The van der Waals surface area contributed by atoms with Crippen LogP contribution in [0.25, 0.3) is 119 Å². The lowest BCUT2D eigenvalue weighted by Gasteiger charge is -2.14. The van der Waals surface area contributed by atoms with Crippen LogP contribution in [0.2, 0.25) is 0 Å². The molecular formula is C52H30N6S2. The predicted octanol–water partition coefficient (Wildman–Crippen LogP) is 14.0. The Morgan fingerprint density at radius 1 is 0.350 bits per heavy atom. The van der Waals surface area contributed by atoms with Crippen molar-refractivity contribution in [1.29, 1.82) is 0 Å². The average Bonchev–Trinajstić information content (AvgIpc) is 4.08.